The summed E-state index contributed by atoms with van der Waals surface area (Å²) in [5, 5.41) is 11.9. The van der Waals surface area contributed by atoms with Crippen molar-refractivity contribution < 1.29 is 46.1 Å². The fraction of sp³-hybridized carbons (Fsp3) is 0.478. The molecule has 0 unspecified atom stereocenters. The number of aliphatic hydroxyl groups is 1. The minimum absolute atomic E-state index is 0.137. The first-order valence-corrected chi connectivity index (χ1v) is 10.6. The fourth-order valence-electron chi connectivity index (χ4n) is 4.24. The molecule has 0 spiro atoms. The molecule has 7 nitrogen and oxygen atoms in total. The number of carbonyl (C=O) groups is 1. The number of methoxy groups -OCH3 is 2. The molecule has 1 amide bonds. The normalized spacial score (nSPS) is 25.4. The van der Waals surface area contributed by atoms with Gasteiger partial charge in [0.25, 0.3) is 5.91 Å². The lowest BCUT2D eigenvalue weighted by atomic mass is 9.77. The zero-order chi connectivity index (χ0) is 26.1. The molecule has 12 heteroatoms. The maximum atomic E-state index is 14.4. The van der Waals surface area contributed by atoms with Crippen molar-refractivity contribution in [2.75, 3.05) is 26.1 Å². The molecule has 1 saturated heterocycles. The van der Waals surface area contributed by atoms with E-state index in [0.29, 0.717) is 0 Å². The largest absolute Gasteiger partial charge is 0.493 e. The van der Waals surface area contributed by atoms with Gasteiger partial charge in [0.1, 0.15) is 12.2 Å². The highest BCUT2D eigenvalue weighted by Gasteiger charge is 2.65. The van der Waals surface area contributed by atoms with E-state index in [2.05, 4.69) is 10.3 Å². The summed E-state index contributed by atoms with van der Waals surface area (Å²) in [7, 11) is 2.39. The summed E-state index contributed by atoms with van der Waals surface area (Å²) in [4.78, 5) is 17.3. The van der Waals surface area contributed by atoms with E-state index >= 15 is 0 Å². The van der Waals surface area contributed by atoms with E-state index in [4.69, 9.17) is 14.2 Å². The van der Waals surface area contributed by atoms with Gasteiger partial charge in [-0.05, 0) is 25.1 Å². The average molecular weight is 504 g/mol. The minimum Gasteiger partial charge on any atom is -0.493 e. The number of hydrogen-bond donors (Lipinski definition) is 2. The Morgan fingerprint density at radius 1 is 1.29 bits per heavy atom. The SMILES string of the molecule is COc1c([C@H]2[C@H](C(=O)Nc3ccnc([C@H](CO)OC)c3)O[C@@](C)(C(F)(F)F)[C@H]2C)ccc(F)c1F. The van der Waals surface area contributed by atoms with Crippen LogP contribution in [0.1, 0.15) is 37.1 Å². The molecule has 2 N–H and O–H groups in total. The second-order valence-electron chi connectivity index (χ2n) is 8.31. The zero-order valence-corrected chi connectivity index (χ0v) is 19.3. The van der Waals surface area contributed by atoms with Gasteiger partial charge in [-0.15, -0.1) is 0 Å². The summed E-state index contributed by atoms with van der Waals surface area (Å²) in [6.07, 6.45) is -6.08. The van der Waals surface area contributed by atoms with Crippen molar-refractivity contribution in [1.82, 2.24) is 4.98 Å². The molecule has 2 aromatic rings. The number of rotatable bonds is 7. The van der Waals surface area contributed by atoms with Crippen LogP contribution >= 0.6 is 0 Å². The van der Waals surface area contributed by atoms with E-state index in [1.54, 1.807) is 0 Å². The number of nitrogens with one attached hydrogen (secondary N) is 1. The summed E-state index contributed by atoms with van der Waals surface area (Å²) >= 11 is 0. The minimum atomic E-state index is -4.87. The second kappa shape index (κ2) is 10.0. The third kappa shape index (κ3) is 4.82. The average Bonchev–Trinajstić information content (AvgIpc) is 3.08. The standard InChI is InChI=1S/C23H25F5N2O5/c1-11-17(13-5-6-14(24)18(25)19(13)34-4)20(35-22(11,2)23(26,27)28)21(32)30-12-7-8-29-15(9-12)16(10-31)33-3/h5-9,11,16-17,20,31H,10H2,1-4H3,(H,29,30,32)/t11-,16-,17-,20+,22+/m0/s1. The predicted molar refractivity (Wildman–Crippen MR) is 114 cm³/mol. The van der Waals surface area contributed by atoms with Crippen LogP contribution in [0.15, 0.2) is 30.5 Å². The van der Waals surface area contributed by atoms with Crippen LogP contribution in [0.5, 0.6) is 5.75 Å². The highest BCUT2D eigenvalue weighted by Crippen LogP contribution is 2.55. The van der Waals surface area contributed by atoms with E-state index in [1.165, 1.54) is 32.4 Å². The summed E-state index contributed by atoms with van der Waals surface area (Å²) in [6.45, 7) is 1.63. The van der Waals surface area contributed by atoms with Crippen molar-refractivity contribution in [1.29, 1.82) is 0 Å². The molecule has 2 heterocycles. The molecule has 1 aliphatic rings. The Bertz CT molecular complexity index is 1080. The van der Waals surface area contributed by atoms with Crippen molar-refractivity contribution in [3.8, 4) is 5.75 Å². The van der Waals surface area contributed by atoms with Crippen LogP contribution in [0.2, 0.25) is 0 Å². The molecule has 5 atom stereocenters. The fourth-order valence-corrected chi connectivity index (χ4v) is 4.24. The lowest BCUT2D eigenvalue weighted by Gasteiger charge is -2.32. The molecule has 192 valence electrons. The van der Waals surface area contributed by atoms with Crippen molar-refractivity contribution in [2.45, 2.75) is 43.8 Å². The quantitative estimate of drug-likeness (QED) is 0.552. The van der Waals surface area contributed by atoms with Gasteiger partial charge >= 0.3 is 6.18 Å². The molecule has 1 aromatic heterocycles. The number of carbonyl (C=O) groups excluding carboxylic acids is 1. The number of pyridine rings is 1. The van der Waals surface area contributed by atoms with Crippen LogP contribution in [0, 0.1) is 17.6 Å². The van der Waals surface area contributed by atoms with Crippen LogP contribution in [0.25, 0.3) is 0 Å². The molecule has 0 saturated carbocycles. The van der Waals surface area contributed by atoms with Gasteiger partial charge in [-0.1, -0.05) is 13.0 Å². The Balaban J connectivity index is 2.04. The molecule has 35 heavy (non-hydrogen) atoms. The van der Waals surface area contributed by atoms with Crippen LogP contribution < -0.4 is 10.1 Å². The van der Waals surface area contributed by atoms with Gasteiger partial charge < -0.3 is 24.6 Å². The Kier molecular flexibility index (Phi) is 7.68. The molecule has 0 aliphatic carbocycles. The third-order valence-corrected chi connectivity index (χ3v) is 6.40. The monoisotopic (exact) mass is 504 g/mol. The molecule has 1 fully saturated rings. The lowest BCUT2D eigenvalue weighted by molar-refractivity contribution is -0.272. The van der Waals surface area contributed by atoms with E-state index < -0.39 is 65.7 Å². The summed E-state index contributed by atoms with van der Waals surface area (Å²) < 4.78 is 85.7. The zero-order valence-electron chi connectivity index (χ0n) is 19.3. The first-order valence-electron chi connectivity index (χ1n) is 10.6. The topological polar surface area (TPSA) is 89.9 Å². The first-order chi connectivity index (χ1) is 16.4. The van der Waals surface area contributed by atoms with Crippen molar-refractivity contribution in [3.63, 3.8) is 0 Å². The van der Waals surface area contributed by atoms with Crippen molar-refractivity contribution in [2.24, 2.45) is 5.92 Å². The number of nitrogens with zero attached hydrogens (tertiary/aromatic N) is 1. The smallest absolute Gasteiger partial charge is 0.417 e. The number of aliphatic hydroxyl groups excluding tert-OH is 1. The van der Waals surface area contributed by atoms with E-state index in [0.717, 1.165) is 26.2 Å². The number of benzene rings is 1. The number of aromatic nitrogens is 1. The lowest BCUT2D eigenvalue weighted by Crippen LogP contribution is -2.47. The third-order valence-electron chi connectivity index (χ3n) is 6.40. The second-order valence-corrected chi connectivity index (χ2v) is 8.31. The van der Waals surface area contributed by atoms with E-state index in [-0.39, 0.29) is 16.9 Å². The van der Waals surface area contributed by atoms with E-state index in [1.807, 2.05) is 0 Å². The van der Waals surface area contributed by atoms with Gasteiger partial charge in [-0.25, -0.2) is 4.39 Å². The number of alkyl halides is 3. The van der Waals surface area contributed by atoms with Gasteiger partial charge in [-0.3, -0.25) is 9.78 Å². The number of amides is 1. The van der Waals surface area contributed by atoms with Crippen LogP contribution in [-0.4, -0.2) is 54.7 Å². The Morgan fingerprint density at radius 2 is 1.97 bits per heavy atom. The van der Waals surface area contributed by atoms with Gasteiger partial charge in [0, 0.05) is 36.4 Å². The Labute approximate surface area is 198 Å². The van der Waals surface area contributed by atoms with Crippen LogP contribution in [0.3, 0.4) is 0 Å². The predicted octanol–water partition coefficient (Wildman–Crippen LogP) is 4.13. The Hall–Kier alpha value is -2.83. The molecular formula is C23H25F5N2O5. The van der Waals surface area contributed by atoms with Crippen molar-refractivity contribution in [3.05, 3.63) is 53.4 Å². The first kappa shape index (κ1) is 26.8. The Morgan fingerprint density at radius 3 is 2.54 bits per heavy atom. The van der Waals surface area contributed by atoms with Crippen molar-refractivity contribution >= 4 is 11.6 Å². The molecule has 0 radical (unpaired) electrons. The van der Waals surface area contributed by atoms with Gasteiger partial charge in [0.2, 0.25) is 5.82 Å². The number of hydrogen-bond acceptors (Lipinski definition) is 6. The van der Waals surface area contributed by atoms with Gasteiger partial charge in [-0.2, -0.15) is 17.6 Å². The van der Waals surface area contributed by atoms with E-state index in [9.17, 15) is 31.9 Å². The molecular weight excluding hydrogens is 479 g/mol. The van der Waals surface area contributed by atoms with Crippen LogP contribution in [0.4, 0.5) is 27.6 Å². The summed E-state index contributed by atoms with van der Waals surface area (Å²) in [5.41, 5.74) is -2.48. The van der Waals surface area contributed by atoms with Gasteiger partial charge in [0.05, 0.1) is 19.4 Å². The number of ether oxygens (including phenoxy) is 3. The number of anilines is 1. The summed E-state index contributed by atoms with van der Waals surface area (Å²) in [6, 6.07) is 4.61. The summed E-state index contributed by atoms with van der Waals surface area (Å²) in [5.74, 6) is -6.90. The molecule has 1 aliphatic heterocycles. The highest BCUT2D eigenvalue weighted by atomic mass is 19.4. The highest BCUT2D eigenvalue weighted by molar-refractivity contribution is 5.95. The maximum absolute atomic E-state index is 14.4. The molecule has 1 aromatic carbocycles. The molecule has 0 bridgehead atoms. The maximum Gasteiger partial charge on any atom is 0.417 e. The van der Waals surface area contributed by atoms with Gasteiger partial charge in [0.15, 0.2) is 17.2 Å². The van der Waals surface area contributed by atoms with Crippen LogP contribution in [-0.2, 0) is 14.3 Å². The molecule has 3 rings (SSSR count). The number of halogens is 5.